The monoisotopic (exact) mass is 264 g/mol. The molecular weight excluding hydrogens is 252 g/mol. The standard InChI is InChI=1S/C16H12N2O2/c17-20-16(19)14-7-2-1-5-11(14)12-9-10-18-15-8-4-3-6-13(12)15/h1-10H,17H2. The minimum atomic E-state index is -0.554. The number of carbonyl (C=O) groups is 1. The van der Waals surface area contributed by atoms with Crippen LogP contribution >= 0.6 is 0 Å². The zero-order valence-electron chi connectivity index (χ0n) is 10.6. The fourth-order valence-corrected chi connectivity index (χ4v) is 2.29. The first-order chi connectivity index (χ1) is 9.81. The first-order valence-corrected chi connectivity index (χ1v) is 6.15. The Bertz CT molecular complexity index is 779. The summed E-state index contributed by atoms with van der Waals surface area (Å²) in [7, 11) is 0. The lowest BCUT2D eigenvalue weighted by atomic mass is 9.97. The van der Waals surface area contributed by atoms with Crippen molar-refractivity contribution in [2.45, 2.75) is 0 Å². The molecule has 0 aliphatic rings. The molecule has 20 heavy (non-hydrogen) atoms. The molecule has 0 atom stereocenters. The van der Waals surface area contributed by atoms with Gasteiger partial charge in [-0.1, -0.05) is 36.4 Å². The van der Waals surface area contributed by atoms with Gasteiger partial charge in [-0.3, -0.25) is 4.98 Å². The lowest BCUT2D eigenvalue weighted by molar-refractivity contribution is 0.0504. The first kappa shape index (κ1) is 12.3. The van der Waals surface area contributed by atoms with Gasteiger partial charge in [-0.25, -0.2) is 4.79 Å². The number of fused-ring (bicyclic) bond motifs is 1. The molecule has 0 bridgehead atoms. The molecule has 0 fully saturated rings. The predicted molar refractivity (Wildman–Crippen MR) is 76.8 cm³/mol. The van der Waals surface area contributed by atoms with E-state index < -0.39 is 5.97 Å². The van der Waals surface area contributed by atoms with Crippen LogP contribution < -0.4 is 5.90 Å². The second-order valence-corrected chi connectivity index (χ2v) is 4.33. The average molecular weight is 264 g/mol. The molecule has 0 spiro atoms. The van der Waals surface area contributed by atoms with Crippen LogP contribution in [-0.4, -0.2) is 11.0 Å². The Labute approximate surface area is 115 Å². The molecule has 2 aromatic carbocycles. The van der Waals surface area contributed by atoms with Crippen LogP contribution in [0, 0.1) is 0 Å². The topological polar surface area (TPSA) is 65.2 Å². The van der Waals surface area contributed by atoms with Crippen molar-refractivity contribution >= 4 is 16.9 Å². The molecule has 0 radical (unpaired) electrons. The van der Waals surface area contributed by atoms with Crippen molar-refractivity contribution < 1.29 is 9.63 Å². The smallest absolute Gasteiger partial charge is 0.357 e. The maximum atomic E-state index is 11.8. The molecular formula is C16H12N2O2. The largest absolute Gasteiger partial charge is 0.370 e. The SMILES string of the molecule is NOC(=O)c1ccccc1-c1ccnc2ccccc12. The number of carbonyl (C=O) groups excluding carboxylic acids is 1. The van der Waals surface area contributed by atoms with Gasteiger partial charge >= 0.3 is 5.97 Å². The van der Waals surface area contributed by atoms with Crippen molar-refractivity contribution in [3.8, 4) is 11.1 Å². The minimum Gasteiger partial charge on any atom is -0.370 e. The molecule has 0 aliphatic carbocycles. The molecule has 1 aromatic heterocycles. The zero-order valence-corrected chi connectivity index (χ0v) is 10.6. The molecule has 3 rings (SSSR count). The Kier molecular flexibility index (Phi) is 3.15. The number of rotatable bonds is 2. The van der Waals surface area contributed by atoms with Gasteiger partial charge in [0.2, 0.25) is 0 Å². The fraction of sp³-hybridized carbons (Fsp3) is 0. The molecule has 4 nitrogen and oxygen atoms in total. The molecule has 0 aliphatic heterocycles. The summed E-state index contributed by atoms with van der Waals surface area (Å²) in [4.78, 5) is 20.5. The van der Waals surface area contributed by atoms with Crippen molar-refractivity contribution in [3.05, 3.63) is 66.4 Å². The number of hydrogen-bond donors (Lipinski definition) is 1. The van der Waals surface area contributed by atoms with E-state index in [0.29, 0.717) is 5.56 Å². The molecule has 3 aromatic rings. The molecule has 2 N–H and O–H groups in total. The summed E-state index contributed by atoms with van der Waals surface area (Å²) < 4.78 is 0. The van der Waals surface area contributed by atoms with Crippen molar-refractivity contribution in [2.75, 3.05) is 0 Å². The predicted octanol–water partition coefficient (Wildman–Crippen LogP) is 2.93. The van der Waals surface area contributed by atoms with E-state index in [2.05, 4.69) is 9.82 Å². The van der Waals surface area contributed by atoms with Gasteiger partial charge in [0.25, 0.3) is 0 Å². The molecule has 1 heterocycles. The zero-order chi connectivity index (χ0) is 13.9. The summed E-state index contributed by atoms with van der Waals surface area (Å²) in [6.07, 6.45) is 1.72. The number of pyridine rings is 1. The summed E-state index contributed by atoms with van der Waals surface area (Å²) in [6.45, 7) is 0. The van der Waals surface area contributed by atoms with Crippen molar-refractivity contribution in [1.29, 1.82) is 0 Å². The number of nitrogens with zero attached hydrogens (tertiary/aromatic N) is 1. The summed E-state index contributed by atoms with van der Waals surface area (Å²) in [6, 6.07) is 16.9. The second kappa shape index (κ2) is 5.11. The molecule has 0 unspecified atom stereocenters. The quantitative estimate of drug-likeness (QED) is 0.723. The first-order valence-electron chi connectivity index (χ1n) is 6.15. The maximum Gasteiger partial charge on any atom is 0.357 e. The lowest BCUT2D eigenvalue weighted by Crippen LogP contribution is -2.11. The van der Waals surface area contributed by atoms with Crippen LogP contribution in [-0.2, 0) is 4.84 Å². The van der Waals surface area contributed by atoms with Crippen molar-refractivity contribution in [1.82, 2.24) is 4.98 Å². The lowest BCUT2D eigenvalue weighted by Gasteiger charge is -2.10. The van der Waals surface area contributed by atoms with E-state index in [1.165, 1.54) is 0 Å². The number of aromatic nitrogens is 1. The van der Waals surface area contributed by atoms with Gasteiger partial charge in [0.05, 0.1) is 11.1 Å². The summed E-state index contributed by atoms with van der Waals surface area (Å²) in [5, 5.41) is 0.979. The summed E-state index contributed by atoms with van der Waals surface area (Å²) in [5.74, 6) is 4.45. The van der Waals surface area contributed by atoms with E-state index in [0.717, 1.165) is 22.0 Å². The van der Waals surface area contributed by atoms with Gasteiger partial charge in [0.1, 0.15) is 0 Å². The van der Waals surface area contributed by atoms with Crippen LogP contribution in [0.4, 0.5) is 0 Å². The number of nitrogens with two attached hydrogens (primary N) is 1. The molecule has 4 heteroatoms. The fourth-order valence-electron chi connectivity index (χ4n) is 2.29. The van der Waals surface area contributed by atoms with Crippen molar-refractivity contribution in [3.63, 3.8) is 0 Å². The van der Waals surface area contributed by atoms with Gasteiger partial charge in [-0.2, -0.15) is 5.90 Å². The average Bonchev–Trinajstić information content (AvgIpc) is 2.53. The highest BCUT2D eigenvalue weighted by Crippen LogP contribution is 2.30. The third-order valence-corrected chi connectivity index (χ3v) is 3.19. The Balaban J connectivity index is 2.29. The third-order valence-electron chi connectivity index (χ3n) is 3.19. The summed E-state index contributed by atoms with van der Waals surface area (Å²) >= 11 is 0. The van der Waals surface area contributed by atoms with Gasteiger partial charge in [0.15, 0.2) is 0 Å². The number of benzene rings is 2. The van der Waals surface area contributed by atoms with Crippen LogP contribution in [0.15, 0.2) is 60.8 Å². The van der Waals surface area contributed by atoms with E-state index in [9.17, 15) is 4.79 Å². The Morgan fingerprint density at radius 1 is 0.950 bits per heavy atom. The van der Waals surface area contributed by atoms with Gasteiger partial charge in [0, 0.05) is 11.6 Å². The third kappa shape index (κ3) is 2.02. The van der Waals surface area contributed by atoms with E-state index >= 15 is 0 Å². The Morgan fingerprint density at radius 3 is 2.55 bits per heavy atom. The van der Waals surface area contributed by atoms with Crippen LogP contribution in [0.5, 0.6) is 0 Å². The maximum absolute atomic E-state index is 11.8. The minimum absolute atomic E-state index is 0.436. The molecule has 0 amide bonds. The molecule has 0 saturated carbocycles. The Hall–Kier alpha value is -2.72. The van der Waals surface area contributed by atoms with Gasteiger partial charge in [-0.05, 0) is 29.3 Å². The Morgan fingerprint density at radius 2 is 1.70 bits per heavy atom. The second-order valence-electron chi connectivity index (χ2n) is 4.33. The van der Waals surface area contributed by atoms with Crippen molar-refractivity contribution in [2.24, 2.45) is 5.90 Å². The van der Waals surface area contributed by atoms with Crippen LogP contribution in [0.2, 0.25) is 0 Å². The van der Waals surface area contributed by atoms with E-state index in [1.807, 2.05) is 42.5 Å². The van der Waals surface area contributed by atoms with E-state index in [4.69, 9.17) is 5.90 Å². The highest BCUT2D eigenvalue weighted by molar-refractivity contribution is 6.03. The molecule has 0 saturated heterocycles. The normalized spacial score (nSPS) is 10.4. The van der Waals surface area contributed by atoms with E-state index in [1.54, 1.807) is 18.3 Å². The number of hydrogen-bond acceptors (Lipinski definition) is 4. The highest BCUT2D eigenvalue weighted by atomic mass is 16.7. The van der Waals surface area contributed by atoms with Gasteiger partial charge in [-0.15, -0.1) is 0 Å². The number of para-hydroxylation sites is 1. The van der Waals surface area contributed by atoms with Gasteiger partial charge < -0.3 is 4.84 Å². The summed E-state index contributed by atoms with van der Waals surface area (Å²) in [5.41, 5.74) is 3.02. The van der Waals surface area contributed by atoms with Crippen LogP contribution in [0.3, 0.4) is 0 Å². The van der Waals surface area contributed by atoms with Crippen LogP contribution in [0.25, 0.3) is 22.0 Å². The van der Waals surface area contributed by atoms with E-state index in [-0.39, 0.29) is 0 Å². The molecule has 98 valence electrons. The van der Waals surface area contributed by atoms with Crippen LogP contribution in [0.1, 0.15) is 10.4 Å². The highest BCUT2D eigenvalue weighted by Gasteiger charge is 2.14.